The molecule has 2 aromatic carbocycles. The maximum absolute atomic E-state index is 14.3. The van der Waals surface area contributed by atoms with Crippen molar-refractivity contribution in [3.63, 3.8) is 0 Å². The molecule has 8 nitrogen and oxygen atoms in total. The number of hydrogen-bond acceptors (Lipinski definition) is 6. The molecule has 0 saturated heterocycles. The zero-order valence-electron chi connectivity index (χ0n) is 20.1. The fourth-order valence-electron chi connectivity index (χ4n) is 4.66. The monoisotopic (exact) mass is 491 g/mol. The van der Waals surface area contributed by atoms with Gasteiger partial charge in [0.15, 0.2) is 5.82 Å². The normalized spacial score (nSPS) is 12.2. The second kappa shape index (κ2) is 8.94. The van der Waals surface area contributed by atoms with E-state index in [0.717, 1.165) is 16.5 Å². The number of halogens is 1. The lowest BCUT2D eigenvalue weighted by Gasteiger charge is -2.22. The molecule has 0 bridgehead atoms. The summed E-state index contributed by atoms with van der Waals surface area (Å²) in [6.07, 6.45) is 6.75. The van der Waals surface area contributed by atoms with Gasteiger partial charge < -0.3 is 5.32 Å². The first-order valence-electron chi connectivity index (χ1n) is 11.8. The molecule has 6 rings (SSSR count). The lowest BCUT2D eigenvalue weighted by Crippen LogP contribution is -2.26. The summed E-state index contributed by atoms with van der Waals surface area (Å²) < 4.78 is 17.6. The summed E-state index contributed by atoms with van der Waals surface area (Å²) in [4.78, 5) is 27.3. The summed E-state index contributed by atoms with van der Waals surface area (Å²) >= 11 is 0. The lowest BCUT2D eigenvalue weighted by molar-refractivity contribution is 0.625. The fraction of sp³-hybridized carbons (Fsp3) is 0.107. The summed E-state index contributed by atoms with van der Waals surface area (Å²) in [6, 6.07) is 17.0. The van der Waals surface area contributed by atoms with Gasteiger partial charge in [-0.1, -0.05) is 24.3 Å². The first-order chi connectivity index (χ1) is 18.0. The van der Waals surface area contributed by atoms with E-state index < -0.39 is 5.82 Å². The number of aromatic nitrogens is 6. The number of nitrogens with zero attached hydrogens (tertiary/aromatic N) is 6. The first-order valence-corrected chi connectivity index (χ1v) is 11.8. The Morgan fingerprint density at radius 3 is 2.68 bits per heavy atom. The fourth-order valence-corrected chi connectivity index (χ4v) is 4.66. The van der Waals surface area contributed by atoms with Crippen molar-refractivity contribution in [1.82, 2.24) is 29.3 Å². The van der Waals surface area contributed by atoms with Crippen LogP contribution < -0.4 is 10.9 Å². The number of benzene rings is 2. The highest BCUT2D eigenvalue weighted by atomic mass is 19.1. The van der Waals surface area contributed by atoms with Gasteiger partial charge >= 0.3 is 0 Å². The average molecular weight is 492 g/mol. The molecule has 4 heterocycles. The van der Waals surface area contributed by atoms with Gasteiger partial charge in [-0.05, 0) is 54.3 Å². The largest absolute Gasteiger partial charge is 0.360 e. The van der Waals surface area contributed by atoms with Gasteiger partial charge in [-0.3, -0.25) is 19.0 Å². The standard InChI is InChI=1S/C28H22FN7O/c1-17(34-27-26-23(31-16-32-27)10-5-11-30-26)24-12-18-6-3-9-22(19-14-33-35(2)15-19)25(18)28(37)36(24)21-8-4-7-20(29)13-21/h3-17H,1-2H3,(H,31,32,34). The van der Waals surface area contributed by atoms with Crippen LogP contribution in [0.4, 0.5) is 10.2 Å². The van der Waals surface area contributed by atoms with E-state index >= 15 is 0 Å². The van der Waals surface area contributed by atoms with E-state index in [-0.39, 0.29) is 11.6 Å². The van der Waals surface area contributed by atoms with Gasteiger partial charge in [0.1, 0.15) is 17.7 Å². The highest BCUT2D eigenvalue weighted by Crippen LogP contribution is 2.30. The van der Waals surface area contributed by atoms with E-state index in [9.17, 15) is 9.18 Å². The minimum Gasteiger partial charge on any atom is -0.360 e. The molecule has 1 N–H and O–H groups in total. The highest BCUT2D eigenvalue weighted by molar-refractivity contribution is 5.96. The number of hydrogen-bond donors (Lipinski definition) is 1. The van der Waals surface area contributed by atoms with Crippen molar-refractivity contribution < 1.29 is 4.39 Å². The van der Waals surface area contributed by atoms with E-state index in [4.69, 9.17) is 0 Å². The molecule has 1 atom stereocenters. The molecule has 182 valence electrons. The van der Waals surface area contributed by atoms with Crippen LogP contribution in [-0.4, -0.2) is 29.3 Å². The van der Waals surface area contributed by atoms with Gasteiger partial charge in [0.25, 0.3) is 5.56 Å². The van der Waals surface area contributed by atoms with E-state index in [1.54, 1.807) is 33.8 Å². The Labute approximate surface area is 211 Å². The molecule has 0 fully saturated rings. The van der Waals surface area contributed by atoms with Crippen molar-refractivity contribution in [1.29, 1.82) is 0 Å². The third-order valence-corrected chi connectivity index (χ3v) is 6.35. The second-order valence-electron chi connectivity index (χ2n) is 8.82. The summed E-state index contributed by atoms with van der Waals surface area (Å²) in [6.45, 7) is 1.93. The molecule has 4 aromatic heterocycles. The minimum absolute atomic E-state index is 0.253. The molecular weight excluding hydrogens is 469 g/mol. The van der Waals surface area contributed by atoms with Gasteiger partial charge in [0, 0.05) is 30.7 Å². The highest BCUT2D eigenvalue weighted by Gasteiger charge is 2.20. The Morgan fingerprint density at radius 1 is 1.00 bits per heavy atom. The number of nitrogens with one attached hydrogen (secondary N) is 1. The third kappa shape index (κ3) is 4.00. The topological polar surface area (TPSA) is 90.5 Å². The van der Waals surface area contributed by atoms with E-state index in [1.165, 1.54) is 18.5 Å². The lowest BCUT2D eigenvalue weighted by atomic mass is 9.99. The van der Waals surface area contributed by atoms with Crippen LogP contribution in [0.15, 0.2) is 90.4 Å². The number of aryl methyl sites for hydroxylation is 1. The summed E-state index contributed by atoms with van der Waals surface area (Å²) in [5, 5.41) is 8.96. The number of pyridine rings is 2. The van der Waals surface area contributed by atoms with Crippen LogP contribution in [0.25, 0.3) is 38.6 Å². The van der Waals surface area contributed by atoms with Crippen molar-refractivity contribution in [2.45, 2.75) is 13.0 Å². The van der Waals surface area contributed by atoms with Crippen LogP contribution in [-0.2, 0) is 7.05 Å². The van der Waals surface area contributed by atoms with Crippen molar-refractivity contribution in [2.24, 2.45) is 7.05 Å². The zero-order chi connectivity index (χ0) is 25.5. The number of rotatable bonds is 5. The van der Waals surface area contributed by atoms with E-state index in [1.807, 2.05) is 56.6 Å². The van der Waals surface area contributed by atoms with Crippen LogP contribution in [0.1, 0.15) is 18.7 Å². The van der Waals surface area contributed by atoms with Gasteiger partial charge in [-0.25, -0.2) is 14.4 Å². The van der Waals surface area contributed by atoms with Crippen LogP contribution >= 0.6 is 0 Å². The van der Waals surface area contributed by atoms with Crippen molar-refractivity contribution in [3.8, 4) is 16.8 Å². The summed E-state index contributed by atoms with van der Waals surface area (Å²) in [7, 11) is 1.83. The maximum atomic E-state index is 14.3. The quantitative estimate of drug-likeness (QED) is 0.363. The molecule has 0 aliphatic heterocycles. The Balaban J connectivity index is 1.58. The molecule has 0 aliphatic carbocycles. The van der Waals surface area contributed by atoms with Crippen molar-refractivity contribution in [3.05, 3.63) is 107 Å². The molecular formula is C28H22FN7O. The van der Waals surface area contributed by atoms with Gasteiger partial charge in [-0.2, -0.15) is 5.10 Å². The summed E-state index contributed by atoms with van der Waals surface area (Å²) in [5.74, 6) is 0.114. The molecule has 9 heteroatoms. The van der Waals surface area contributed by atoms with Gasteiger partial charge in [-0.15, -0.1) is 0 Å². The Kier molecular flexibility index (Phi) is 5.45. The molecule has 37 heavy (non-hydrogen) atoms. The smallest absolute Gasteiger partial charge is 0.263 e. The molecule has 6 aromatic rings. The molecule has 0 radical (unpaired) electrons. The molecule has 0 saturated carbocycles. The number of anilines is 1. The molecule has 0 aliphatic rings. The number of fused-ring (bicyclic) bond motifs is 2. The zero-order valence-corrected chi connectivity index (χ0v) is 20.1. The van der Waals surface area contributed by atoms with Crippen molar-refractivity contribution in [2.75, 3.05) is 5.32 Å². The van der Waals surface area contributed by atoms with E-state index in [0.29, 0.717) is 33.6 Å². The van der Waals surface area contributed by atoms with E-state index in [2.05, 4.69) is 25.4 Å². The van der Waals surface area contributed by atoms with Crippen LogP contribution in [0.3, 0.4) is 0 Å². The SMILES string of the molecule is CC(Nc1ncnc2cccnc12)c1cc2cccc(-c3cnn(C)c3)c2c(=O)n1-c1cccc(F)c1. The predicted octanol–water partition coefficient (Wildman–Crippen LogP) is 5.04. The average Bonchev–Trinajstić information content (AvgIpc) is 3.34. The Bertz CT molecular complexity index is 1840. The Morgan fingerprint density at radius 2 is 1.86 bits per heavy atom. The molecule has 0 amide bonds. The first kappa shape index (κ1) is 22.5. The van der Waals surface area contributed by atoms with Gasteiger partial charge in [0.05, 0.1) is 28.8 Å². The van der Waals surface area contributed by atoms with Crippen LogP contribution in [0.2, 0.25) is 0 Å². The molecule has 1 unspecified atom stereocenters. The van der Waals surface area contributed by atoms with Crippen molar-refractivity contribution >= 4 is 27.6 Å². The Hall–Kier alpha value is -4.92. The predicted molar refractivity (Wildman–Crippen MR) is 141 cm³/mol. The van der Waals surface area contributed by atoms with Gasteiger partial charge in [0.2, 0.25) is 0 Å². The third-order valence-electron chi connectivity index (χ3n) is 6.35. The second-order valence-corrected chi connectivity index (χ2v) is 8.82. The minimum atomic E-state index is -0.428. The van der Waals surface area contributed by atoms with Crippen LogP contribution in [0.5, 0.6) is 0 Å². The van der Waals surface area contributed by atoms with Crippen LogP contribution in [0, 0.1) is 5.82 Å². The molecule has 0 spiro atoms. The summed E-state index contributed by atoms with van der Waals surface area (Å²) in [5.41, 5.74) is 3.74. The maximum Gasteiger partial charge on any atom is 0.263 e.